The van der Waals surface area contributed by atoms with Crippen LogP contribution in [0.25, 0.3) is 0 Å². The summed E-state index contributed by atoms with van der Waals surface area (Å²) >= 11 is 0. The van der Waals surface area contributed by atoms with E-state index in [2.05, 4.69) is 6.58 Å². The molecule has 1 aliphatic rings. The smallest absolute Gasteiger partial charge is 0.114 e. The van der Waals surface area contributed by atoms with Crippen molar-refractivity contribution < 1.29 is 24.8 Å². The summed E-state index contributed by atoms with van der Waals surface area (Å²) in [6.07, 6.45) is 18.5. The quantitative estimate of drug-likeness (QED) is 0.202. The van der Waals surface area contributed by atoms with E-state index in [1.165, 1.54) is 83.5 Å². The molecule has 0 amide bonds. The number of aliphatic hydroxyl groups excluding tert-OH is 3. The van der Waals surface area contributed by atoms with Crippen LogP contribution >= 0.6 is 0 Å². The van der Waals surface area contributed by atoms with Crippen LogP contribution in [0.2, 0.25) is 0 Å². The summed E-state index contributed by atoms with van der Waals surface area (Å²) < 4.78 is 11.0. The van der Waals surface area contributed by atoms with Gasteiger partial charge in [0.15, 0.2) is 0 Å². The molecular formula is C24H46O5. The average molecular weight is 415 g/mol. The number of rotatable bonds is 20. The Morgan fingerprint density at radius 2 is 1.34 bits per heavy atom. The lowest BCUT2D eigenvalue weighted by atomic mass is 10.0. The van der Waals surface area contributed by atoms with Gasteiger partial charge in [-0.3, -0.25) is 0 Å². The molecule has 4 atom stereocenters. The van der Waals surface area contributed by atoms with E-state index in [-0.39, 0.29) is 6.61 Å². The molecule has 29 heavy (non-hydrogen) atoms. The van der Waals surface area contributed by atoms with Crippen LogP contribution in [-0.2, 0) is 9.47 Å². The van der Waals surface area contributed by atoms with Gasteiger partial charge < -0.3 is 24.8 Å². The zero-order chi connectivity index (χ0) is 21.2. The first-order valence-electron chi connectivity index (χ1n) is 12.0. The third-order valence-electron chi connectivity index (χ3n) is 5.87. The number of hydrogen-bond acceptors (Lipinski definition) is 5. The maximum Gasteiger partial charge on any atom is 0.114 e. The largest absolute Gasteiger partial charge is 0.394 e. The molecule has 5 heteroatoms. The molecule has 0 aromatic heterocycles. The van der Waals surface area contributed by atoms with Gasteiger partial charge >= 0.3 is 0 Å². The molecule has 1 rings (SSSR count). The monoisotopic (exact) mass is 414 g/mol. The normalized spacial score (nSPS) is 22.8. The van der Waals surface area contributed by atoms with E-state index in [0.717, 1.165) is 12.8 Å². The van der Waals surface area contributed by atoms with Crippen LogP contribution in [0.3, 0.4) is 0 Å². The molecule has 1 heterocycles. The van der Waals surface area contributed by atoms with Crippen molar-refractivity contribution in [1.29, 1.82) is 0 Å². The van der Waals surface area contributed by atoms with Crippen LogP contribution in [0.15, 0.2) is 12.7 Å². The van der Waals surface area contributed by atoms with Crippen molar-refractivity contribution >= 4 is 0 Å². The molecule has 0 aromatic rings. The Hall–Kier alpha value is -0.460. The van der Waals surface area contributed by atoms with Crippen molar-refractivity contribution in [3.05, 3.63) is 12.7 Å². The van der Waals surface area contributed by atoms with E-state index in [1.807, 2.05) is 6.08 Å². The van der Waals surface area contributed by atoms with E-state index in [9.17, 15) is 10.2 Å². The fourth-order valence-corrected chi connectivity index (χ4v) is 3.95. The lowest BCUT2D eigenvalue weighted by Gasteiger charge is -2.20. The van der Waals surface area contributed by atoms with Gasteiger partial charge in [0, 0.05) is 6.61 Å². The third-order valence-corrected chi connectivity index (χ3v) is 5.87. The molecule has 172 valence electrons. The third kappa shape index (κ3) is 12.7. The predicted molar refractivity (Wildman–Crippen MR) is 118 cm³/mol. The highest BCUT2D eigenvalue weighted by Crippen LogP contribution is 2.20. The Balaban J connectivity index is 1.79. The second kappa shape index (κ2) is 18.3. The lowest BCUT2D eigenvalue weighted by Crippen LogP contribution is -2.41. The van der Waals surface area contributed by atoms with Gasteiger partial charge in [0.05, 0.1) is 13.2 Å². The SMILES string of the molecule is C=CCCCCCCCCCCCCCCCCO[C@H]1CO[C@@H]([C@H](O)CO)[C@H]1O. The molecule has 0 bridgehead atoms. The highest BCUT2D eigenvalue weighted by atomic mass is 16.6. The number of allylic oxidation sites excluding steroid dienone is 1. The van der Waals surface area contributed by atoms with E-state index in [4.69, 9.17) is 14.6 Å². The van der Waals surface area contributed by atoms with Crippen molar-refractivity contribution in [1.82, 2.24) is 0 Å². The van der Waals surface area contributed by atoms with Crippen LogP contribution in [0.5, 0.6) is 0 Å². The van der Waals surface area contributed by atoms with Crippen molar-refractivity contribution in [3.8, 4) is 0 Å². The number of hydrogen-bond donors (Lipinski definition) is 3. The van der Waals surface area contributed by atoms with Gasteiger partial charge in [0.25, 0.3) is 0 Å². The van der Waals surface area contributed by atoms with Crippen LogP contribution in [0, 0.1) is 0 Å². The minimum absolute atomic E-state index is 0.276. The van der Waals surface area contributed by atoms with E-state index in [0.29, 0.717) is 6.61 Å². The molecule has 0 radical (unpaired) electrons. The summed E-state index contributed by atoms with van der Waals surface area (Å²) in [5.41, 5.74) is 0. The number of ether oxygens (including phenoxy) is 2. The topological polar surface area (TPSA) is 79.2 Å². The minimum Gasteiger partial charge on any atom is -0.394 e. The van der Waals surface area contributed by atoms with Crippen molar-refractivity contribution in [2.24, 2.45) is 0 Å². The number of aliphatic hydroxyl groups is 3. The summed E-state index contributed by atoms with van der Waals surface area (Å²) in [6.45, 7) is 4.24. The molecule has 3 N–H and O–H groups in total. The number of unbranched alkanes of at least 4 members (excludes halogenated alkanes) is 14. The van der Waals surface area contributed by atoms with Gasteiger partial charge in [0.2, 0.25) is 0 Å². The zero-order valence-electron chi connectivity index (χ0n) is 18.5. The molecule has 1 aliphatic heterocycles. The summed E-state index contributed by atoms with van der Waals surface area (Å²) in [5.74, 6) is 0. The first-order valence-corrected chi connectivity index (χ1v) is 12.0. The Kier molecular flexibility index (Phi) is 16.8. The van der Waals surface area contributed by atoms with Gasteiger partial charge in [-0.25, -0.2) is 0 Å². The molecule has 0 unspecified atom stereocenters. The highest BCUT2D eigenvalue weighted by molar-refractivity contribution is 4.88. The maximum atomic E-state index is 10.1. The first kappa shape index (κ1) is 26.6. The fourth-order valence-electron chi connectivity index (χ4n) is 3.95. The Morgan fingerprint density at radius 3 is 1.83 bits per heavy atom. The average Bonchev–Trinajstić information content (AvgIpc) is 3.10. The molecule has 1 fully saturated rings. The van der Waals surface area contributed by atoms with E-state index >= 15 is 0 Å². The van der Waals surface area contributed by atoms with Crippen molar-refractivity contribution in [2.75, 3.05) is 19.8 Å². The molecule has 0 saturated carbocycles. The Labute approximate surface area is 178 Å². The summed E-state index contributed by atoms with van der Waals surface area (Å²) in [4.78, 5) is 0. The zero-order valence-corrected chi connectivity index (χ0v) is 18.5. The van der Waals surface area contributed by atoms with E-state index < -0.39 is 31.0 Å². The minimum atomic E-state index is -1.05. The fraction of sp³-hybridized carbons (Fsp3) is 0.917. The van der Waals surface area contributed by atoms with Crippen molar-refractivity contribution in [3.63, 3.8) is 0 Å². The van der Waals surface area contributed by atoms with Gasteiger partial charge in [-0.2, -0.15) is 0 Å². The summed E-state index contributed by atoms with van der Waals surface area (Å²) in [6, 6.07) is 0. The first-order chi connectivity index (χ1) is 14.2. The molecule has 0 spiro atoms. The second-order valence-corrected chi connectivity index (χ2v) is 8.47. The standard InChI is InChI=1S/C24H46O5/c1-2-3-4-5-6-7-8-9-10-11-12-13-14-15-16-17-18-28-22-20-29-24(23(22)27)21(26)19-25/h2,21-27H,1,3-20H2/t21-,22+,23+,24+/m1/s1. The van der Waals surface area contributed by atoms with Gasteiger partial charge in [0.1, 0.15) is 24.4 Å². The van der Waals surface area contributed by atoms with Gasteiger partial charge in [-0.05, 0) is 19.3 Å². The maximum absolute atomic E-state index is 10.1. The molecular weight excluding hydrogens is 368 g/mol. The predicted octanol–water partition coefficient (Wildman–Crippen LogP) is 4.52. The van der Waals surface area contributed by atoms with E-state index in [1.54, 1.807) is 0 Å². The van der Waals surface area contributed by atoms with Crippen LogP contribution < -0.4 is 0 Å². The van der Waals surface area contributed by atoms with Crippen molar-refractivity contribution in [2.45, 2.75) is 121 Å². The van der Waals surface area contributed by atoms with Crippen LogP contribution in [0.1, 0.15) is 96.3 Å². The van der Waals surface area contributed by atoms with Gasteiger partial charge in [-0.1, -0.05) is 83.1 Å². The molecule has 5 nitrogen and oxygen atoms in total. The highest BCUT2D eigenvalue weighted by Gasteiger charge is 2.40. The molecule has 0 aromatic carbocycles. The summed E-state index contributed by atoms with van der Waals surface area (Å²) in [7, 11) is 0. The van der Waals surface area contributed by atoms with Crippen LogP contribution in [-0.4, -0.2) is 59.6 Å². The Morgan fingerprint density at radius 1 is 0.862 bits per heavy atom. The molecule has 0 aliphatic carbocycles. The van der Waals surface area contributed by atoms with Gasteiger partial charge in [-0.15, -0.1) is 6.58 Å². The second-order valence-electron chi connectivity index (χ2n) is 8.47. The Bertz CT molecular complexity index is 376. The summed E-state index contributed by atoms with van der Waals surface area (Å²) in [5, 5.41) is 28.6. The molecule has 1 saturated heterocycles. The lowest BCUT2D eigenvalue weighted by molar-refractivity contribution is -0.0730. The van der Waals surface area contributed by atoms with Crippen LogP contribution in [0.4, 0.5) is 0 Å².